The fraction of sp³-hybridized carbons (Fsp3) is 0.795. The van der Waals surface area contributed by atoms with Gasteiger partial charge in [-0.1, -0.05) is 20.7 Å². The highest BCUT2D eigenvalue weighted by Crippen LogP contribution is 2.78. The molecule has 14 rings (SSSR count). The maximum absolute atomic E-state index is 5.93. The summed E-state index contributed by atoms with van der Waals surface area (Å²) in [5.74, 6) is 9.30. The highest BCUT2D eigenvalue weighted by Gasteiger charge is 2.64. The summed E-state index contributed by atoms with van der Waals surface area (Å²) in [5, 5.41) is 1.15. The van der Waals surface area contributed by atoms with Crippen LogP contribution in [0.2, 0.25) is 0 Å². The minimum absolute atomic E-state index is 0.309. The van der Waals surface area contributed by atoms with Gasteiger partial charge in [0.2, 0.25) is 0 Å². The van der Waals surface area contributed by atoms with E-state index in [1.165, 1.54) is 22.6 Å². The molecule has 1 aromatic carbocycles. The topological polar surface area (TPSA) is 25.8 Å². The van der Waals surface area contributed by atoms with Crippen molar-refractivity contribution in [2.75, 3.05) is 6.16 Å². The molecule has 0 N–H and O–H groups in total. The maximum atomic E-state index is 5.93. The van der Waals surface area contributed by atoms with Gasteiger partial charge in [-0.25, -0.2) is 9.97 Å². The number of fused-ring (bicyclic) bond motifs is 1. The second kappa shape index (κ2) is 9.27. The Morgan fingerprint density at radius 2 is 0.907 bits per heavy atom. The van der Waals surface area contributed by atoms with E-state index in [2.05, 4.69) is 24.3 Å². The summed E-state index contributed by atoms with van der Waals surface area (Å²) < 4.78 is 0. The van der Waals surface area contributed by atoms with E-state index < -0.39 is 0 Å². The van der Waals surface area contributed by atoms with Crippen molar-refractivity contribution in [2.24, 2.45) is 58.7 Å². The van der Waals surface area contributed by atoms with Gasteiger partial charge in [-0.3, -0.25) is 0 Å². The van der Waals surface area contributed by atoms with Crippen molar-refractivity contribution < 1.29 is 0 Å². The number of rotatable bonds is 6. The van der Waals surface area contributed by atoms with Crippen LogP contribution in [0.4, 0.5) is 0 Å². The first-order valence-corrected chi connectivity index (χ1v) is 21.4. The average Bonchev–Trinajstić information content (AvgIpc) is 2.94. The Morgan fingerprint density at radius 1 is 0.535 bits per heavy atom. The van der Waals surface area contributed by atoms with Gasteiger partial charge in [-0.2, -0.15) is 0 Å². The third-order valence-corrected chi connectivity index (χ3v) is 21.1. The van der Waals surface area contributed by atoms with Crippen LogP contribution in [0.25, 0.3) is 11.0 Å². The molecule has 2 aromatic rings. The lowest BCUT2D eigenvalue weighted by molar-refractivity contribution is -0.0384. The van der Waals surface area contributed by atoms with Gasteiger partial charge < -0.3 is 0 Å². The highest BCUT2D eigenvalue weighted by molar-refractivity contribution is 7.70. The van der Waals surface area contributed by atoms with Crippen LogP contribution in [0.3, 0.4) is 0 Å². The maximum Gasteiger partial charge on any atom is 0.0905 e. The van der Waals surface area contributed by atoms with Gasteiger partial charge in [-0.15, -0.1) is 0 Å². The van der Waals surface area contributed by atoms with Gasteiger partial charge in [-0.05, 0) is 211 Å². The monoisotopic (exact) mass is 610 g/mol. The Labute approximate surface area is 262 Å². The van der Waals surface area contributed by atoms with E-state index in [1.807, 2.05) is 0 Å². The van der Waals surface area contributed by atoms with Crippen molar-refractivity contribution in [1.29, 1.82) is 0 Å². The second-order valence-electron chi connectivity index (χ2n) is 18.8. The third kappa shape index (κ3) is 4.09. The molecule has 1 heterocycles. The van der Waals surface area contributed by atoms with Crippen LogP contribution in [0.15, 0.2) is 24.3 Å². The Kier molecular flexibility index (Phi) is 5.71. The fourth-order valence-corrected chi connectivity index (χ4v) is 22.7. The smallest absolute Gasteiger partial charge is 0.0905 e. The summed E-state index contributed by atoms with van der Waals surface area (Å²) in [7, 11) is 0.573. The molecule has 1 atom stereocenters. The molecule has 0 aliphatic heterocycles. The zero-order valence-electron chi connectivity index (χ0n) is 26.3. The molecular weight excluding hydrogens is 558 g/mol. The molecule has 1 aromatic heterocycles. The number of aromatic nitrogens is 2. The minimum atomic E-state index is -0.309. The molecule has 0 saturated heterocycles. The predicted octanol–water partition coefficient (Wildman–Crippen LogP) is 9.19. The van der Waals surface area contributed by atoms with Crippen molar-refractivity contribution in [3.8, 4) is 0 Å². The number of nitrogens with zero attached hydrogens (tertiary/aromatic N) is 2. The van der Waals surface area contributed by atoms with E-state index in [-0.39, 0.29) is 7.92 Å². The molecule has 12 fully saturated rings. The first-order valence-electron chi connectivity index (χ1n) is 18.8. The van der Waals surface area contributed by atoms with Crippen LogP contribution in [0.5, 0.6) is 0 Å². The first kappa shape index (κ1) is 26.5. The molecular formula is C39H52N2P2. The Bertz CT molecular complexity index is 1310. The standard InChI is InChI=1S/C39H52N2P2/c1-2-4-34-33(3-1)40-35(42-23-37-14-24-5-25(15-37)7-26(6-24)16-37)36(41-34)43(38-17-27-8-28(18-38)10-29(9-27)19-38)39-20-30-11-31(21-39)13-32(12-30)22-39/h1-4,24-32,42H,5-23H2. The van der Waals surface area contributed by atoms with Gasteiger partial charge >= 0.3 is 0 Å². The van der Waals surface area contributed by atoms with E-state index in [0.717, 1.165) is 61.8 Å². The summed E-state index contributed by atoms with van der Waals surface area (Å²) in [6, 6.07) is 9.03. The molecule has 12 saturated carbocycles. The van der Waals surface area contributed by atoms with E-state index in [0.29, 0.717) is 15.7 Å². The summed E-state index contributed by atoms with van der Waals surface area (Å²) in [6.07, 6.45) is 29.4. The number of para-hydroxylation sites is 2. The summed E-state index contributed by atoms with van der Waals surface area (Å²) in [5.41, 5.74) is 6.21. The van der Waals surface area contributed by atoms with E-state index in [4.69, 9.17) is 9.97 Å². The average molecular weight is 611 g/mol. The molecule has 12 aliphatic rings. The fourth-order valence-electron chi connectivity index (χ4n) is 15.7. The van der Waals surface area contributed by atoms with E-state index in [9.17, 15) is 0 Å². The third-order valence-electron chi connectivity index (χ3n) is 15.5. The Morgan fingerprint density at radius 3 is 1.33 bits per heavy atom. The van der Waals surface area contributed by atoms with Crippen LogP contribution in [0.1, 0.15) is 116 Å². The number of benzene rings is 1. The van der Waals surface area contributed by atoms with Crippen molar-refractivity contribution >= 4 is 38.4 Å². The Hall–Kier alpha value is -0.580. The molecule has 1 unspecified atom stereocenters. The summed E-state index contributed by atoms with van der Waals surface area (Å²) >= 11 is 0. The van der Waals surface area contributed by atoms with E-state index >= 15 is 0 Å². The molecule has 4 heteroatoms. The number of hydrogen-bond donors (Lipinski definition) is 0. The van der Waals surface area contributed by atoms with Crippen LogP contribution in [0, 0.1) is 58.7 Å². The van der Waals surface area contributed by atoms with Crippen molar-refractivity contribution in [3.05, 3.63) is 24.3 Å². The molecule has 12 aliphatic carbocycles. The highest BCUT2D eigenvalue weighted by atomic mass is 31.1. The molecule has 43 heavy (non-hydrogen) atoms. The lowest BCUT2D eigenvalue weighted by atomic mass is 9.50. The van der Waals surface area contributed by atoms with Crippen LogP contribution in [-0.2, 0) is 0 Å². The quantitative estimate of drug-likeness (QED) is 0.305. The zero-order chi connectivity index (χ0) is 28.0. The van der Waals surface area contributed by atoms with Crippen molar-refractivity contribution in [2.45, 2.75) is 126 Å². The lowest BCUT2D eigenvalue weighted by Crippen LogP contribution is -2.59. The van der Waals surface area contributed by atoms with Gasteiger partial charge in [0, 0.05) is 0 Å². The van der Waals surface area contributed by atoms with Crippen LogP contribution < -0.4 is 10.9 Å². The van der Waals surface area contributed by atoms with Gasteiger partial charge in [0.15, 0.2) is 0 Å². The van der Waals surface area contributed by atoms with Crippen LogP contribution >= 0.6 is 16.5 Å². The molecule has 12 bridgehead atoms. The molecule has 0 radical (unpaired) electrons. The van der Waals surface area contributed by atoms with Gasteiger partial charge in [0.05, 0.1) is 21.9 Å². The Balaban J connectivity index is 1.05. The van der Waals surface area contributed by atoms with Crippen LogP contribution in [-0.4, -0.2) is 26.4 Å². The summed E-state index contributed by atoms with van der Waals surface area (Å²) in [4.78, 5) is 11.7. The van der Waals surface area contributed by atoms with Crippen molar-refractivity contribution in [3.63, 3.8) is 0 Å². The molecule has 0 spiro atoms. The molecule has 2 nitrogen and oxygen atoms in total. The molecule has 0 amide bonds. The zero-order valence-corrected chi connectivity index (χ0v) is 28.2. The normalized spacial score (nSPS) is 50.9. The second-order valence-corrected chi connectivity index (χ2v) is 22.9. The van der Waals surface area contributed by atoms with Gasteiger partial charge in [0.25, 0.3) is 0 Å². The lowest BCUT2D eigenvalue weighted by Gasteiger charge is -2.67. The predicted molar refractivity (Wildman–Crippen MR) is 181 cm³/mol. The first-order chi connectivity index (χ1) is 21.0. The summed E-state index contributed by atoms with van der Waals surface area (Å²) in [6.45, 7) is 0. The largest absolute Gasteiger partial charge is 0.244 e. The molecule has 228 valence electrons. The van der Waals surface area contributed by atoms with Gasteiger partial charge in [0.1, 0.15) is 0 Å². The number of hydrogen-bond acceptors (Lipinski definition) is 2. The SMILES string of the molecule is c1ccc2nc(P(C34CC5CC(CC(C5)C3)C4)C34CC5CC(CC(C5)C3)C4)c(PCC34CC5CC(CC(C5)C3)C4)nc2c1. The van der Waals surface area contributed by atoms with E-state index in [1.54, 1.807) is 121 Å². The minimum Gasteiger partial charge on any atom is -0.244 e. The van der Waals surface area contributed by atoms with Crippen molar-refractivity contribution in [1.82, 2.24) is 9.97 Å².